The van der Waals surface area contributed by atoms with Crippen LogP contribution in [0.15, 0.2) is 23.6 Å². The van der Waals surface area contributed by atoms with E-state index in [1.807, 2.05) is 19.2 Å². The van der Waals surface area contributed by atoms with E-state index in [0.717, 1.165) is 5.69 Å². The molecule has 0 aliphatic carbocycles. The van der Waals surface area contributed by atoms with Gasteiger partial charge in [0.2, 0.25) is 0 Å². The number of halogens is 1. The fourth-order valence-electron chi connectivity index (χ4n) is 1.46. The number of carbonyl (C=O) groups is 1. The maximum Gasteiger partial charge on any atom is 0.261 e. The molecule has 1 aromatic carbocycles. The van der Waals surface area contributed by atoms with Gasteiger partial charge in [-0.15, -0.1) is 11.3 Å². The Morgan fingerprint density at radius 1 is 1.47 bits per heavy atom. The Labute approximate surface area is 120 Å². The Kier molecular flexibility index (Phi) is 4.07. The smallest absolute Gasteiger partial charge is 0.261 e. The molecule has 0 bridgehead atoms. The lowest BCUT2D eigenvalue weighted by molar-refractivity contribution is 0.102. The molecule has 100 valence electrons. The van der Waals surface area contributed by atoms with Crippen molar-refractivity contribution in [1.29, 1.82) is 0 Å². The van der Waals surface area contributed by atoms with Crippen LogP contribution in [0.4, 0.5) is 5.13 Å². The zero-order valence-electron chi connectivity index (χ0n) is 10.5. The Balaban J connectivity index is 2.18. The van der Waals surface area contributed by atoms with Crippen LogP contribution in [-0.4, -0.2) is 16.0 Å². The van der Waals surface area contributed by atoms with Crippen LogP contribution in [0.3, 0.4) is 0 Å². The maximum absolute atomic E-state index is 12.0. The minimum absolute atomic E-state index is 0.109. The van der Waals surface area contributed by atoms with Gasteiger partial charge in [-0.2, -0.15) is 0 Å². The van der Waals surface area contributed by atoms with Gasteiger partial charge in [-0.3, -0.25) is 10.1 Å². The van der Waals surface area contributed by atoms with Gasteiger partial charge in [0.15, 0.2) is 5.13 Å². The number of phenols is 1. The molecule has 1 amide bonds. The van der Waals surface area contributed by atoms with Crippen LogP contribution >= 0.6 is 22.9 Å². The third-order valence-corrected chi connectivity index (χ3v) is 3.55. The first kappa shape index (κ1) is 13.8. The number of hydrogen-bond acceptors (Lipinski definition) is 4. The topological polar surface area (TPSA) is 62.2 Å². The van der Waals surface area contributed by atoms with Crippen molar-refractivity contribution < 1.29 is 9.90 Å². The van der Waals surface area contributed by atoms with Crippen molar-refractivity contribution in [1.82, 2.24) is 4.98 Å². The number of carbonyl (C=O) groups excluding carboxylic acids is 1. The third kappa shape index (κ3) is 3.24. The fraction of sp³-hybridized carbons (Fsp3) is 0.231. The first-order chi connectivity index (χ1) is 8.97. The van der Waals surface area contributed by atoms with E-state index in [-0.39, 0.29) is 11.3 Å². The SMILES string of the molecule is CC(C)c1csc(NC(=O)c2cc(Cl)ccc2O)n1. The minimum atomic E-state index is -0.426. The van der Waals surface area contributed by atoms with Crippen molar-refractivity contribution in [2.75, 3.05) is 5.32 Å². The van der Waals surface area contributed by atoms with E-state index in [1.54, 1.807) is 0 Å². The monoisotopic (exact) mass is 296 g/mol. The molecule has 1 heterocycles. The highest BCUT2D eigenvalue weighted by atomic mass is 35.5. The van der Waals surface area contributed by atoms with Crippen LogP contribution in [-0.2, 0) is 0 Å². The van der Waals surface area contributed by atoms with Gasteiger partial charge in [-0.25, -0.2) is 4.98 Å². The summed E-state index contributed by atoms with van der Waals surface area (Å²) in [7, 11) is 0. The number of thiazole rings is 1. The van der Waals surface area contributed by atoms with Gasteiger partial charge in [0.05, 0.1) is 11.3 Å². The first-order valence-electron chi connectivity index (χ1n) is 5.72. The lowest BCUT2D eigenvalue weighted by Gasteiger charge is -2.04. The van der Waals surface area contributed by atoms with Gasteiger partial charge in [-0.05, 0) is 24.1 Å². The molecule has 0 aliphatic rings. The standard InChI is InChI=1S/C13H13ClN2O2S/c1-7(2)10-6-19-13(15-10)16-12(18)9-5-8(14)3-4-11(9)17/h3-7,17H,1-2H3,(H,15,16,18). The van der Waals surface area contributed by atoms with Crippen LogP contribution in [0, 0.1) is 0 Å². The summed E-state index contributed by atoms with van der Waals surface area (Å²) in [5.74, 6) is -0.228. The van der Waals surface area contributed by atoms with Gasteiger partial charge in [0.25, 0.3) is 5.91 Å². The summed E-state index contributed by atoms with van der Waals surface area (Å²) < 4.78 is 0. The zero-order valence-corrected chi connectivity index (χ0v) is 12.0. The van der Waals surface area contributed by atoms with Gasteiger partial charge >= 0.3 is 0 Å². The van der Waals surface area contributed by atoms with E-state index < -0.39 is 5.91 Å². The highest BCUT2D eigenvalue weighted by molar-refractivity contribution is 7.14. The summed E-state index contributed by atoms with van der Waals surface area (Å²) in [5.41, 5.74) is 1.06. The molecule has 0 atom stereocenters. The number of nitrogens with zero attached hydrogens (tertiary/aromatic N) is 1. The van der Waals surface area contributed by atoms with Gasteiger partial charge in [-0.1, -0.05) is 25.4 Å². The second kappa shape index (κ2) is 5.59. The quantitative estimate of drug-likeness (QED) is 0.903. The van der Waals surface area contributed by atoms with E-state index in [9.17, 15) is 9.90 Å². The summed E-state index contributed by atoms with van der Waals surface area (Å²) in [6.07, 6.45) is 0. The molecule has 2 N–H and O–H groups in total. The second-order valence-corrected chi connectivity index (χ2v) is 5.64. The summed E-state index contributed by atoms with van der Waals surface area (Å²) in [6, 6.07) is 4.33. The Bertz CT molecular complexity index is 610. The molecule has 0 fully saturated rings. The van der Waals surface area contributed by atoms with Crippen LogP contribution in [0.1, 0.15) is 35.8 Å². The van der Waals surface area contributed by atoms with Crippen molar-refractivity contribution in [2.45, 2.75) is 19.8 Å². The number of phenolic OH excluding ortho intramolecular Hbond substituents is 1. The van der Waals surface area contributed by atoms with Gasteiger partial charge < -0.3 is 5.11 Å². The first-order valence-corrected chi connectivity index (χ1v) is 6.98. The summed E-state index contributed by atoms with van der Waals surface area (Å²) in [4.78, 5) is 16.3. The van der Waals surface area contributed by atoms with Gasteiger partial charge in [0, 0.05) is 10.4 Å². The lowest BCUT2D eigenvalue weighted by atomic mass is 10.2. The van der Waals surface area contributed by atoms with Crippen LogP contribution in [0.2, 0.25) is 5.02 Å². The Morgan fingerprint density at radius 2 is 2.21 bits per heavy atom. The molecule has 0 radical (unpaired) electrons. The molecule has 19 heavy (non-hydrogen) atoms. The largest absolute Gasteiger partial charge is 0.507 e. The average Bonchev–Trinajstić information content (AvgIpc) is 2.80. The van der Waals surface area contributed by atoms with Crippen molar-refractivity contribution >= 4 is 34.0 Å². The molecule has 2 aromatic rings. The van der Waals surface area contributed by atoms with Crippen molar-refractivity contribution in [3.63, 3.8) is 0 Å². The molecule has 6 heteroatoms. The van der Waals surface area contributed by atoms with Crippen LogP contribution < -0.4 is 5.32 Å². The highest BCUT2D eigenvalue weighted by Crippen LogP contribution is 2.25. The van der Waals surface area contributed by atoms with Crippen LogP contribution in [0.25, 0.3) is 0 Å². The Morgan fingerprint density at radius 3 is 2.84 bits per heavy atom. The maximum atomic E-state index is 12.0. The van der Waals surface area contributed by atoms with E-state index >= 15 is 0 Å². The molecule has 0 aliphatic heterocycles. The van der Waals surface area contributed by atoms with Crippen LogP contribution in [0.5, 0.6) is 5.75 Å². The molecule has 0 saturated heterocycles. The number of benzene rings is 1. The minimum Gasteiger partial charge on any atom is -0.507 e. The summed E-state index contributed by atoms with van der Waals surface area (Å²) in [6.45, 7) is 4.06. The average molecular weight is 297 g/mol. The van der Waals surface area contributed by atoms with Crippen molar-refractivity contribution in [3.05, 3.63) is 39.9 Å². The summed E-state index contributed by atoms with van der Waals surface area (Å²) in [5, 5.41) is 15.1. The second-order valence-electron chi connectivity index (χ2n) is 4.35. The molecule has 0 unspecified atom stereocenters. The number of anilines is 1. The van der Waals surface area contributed by atoms with Gasteiger partial charge in [0.1, 0.15) is 5.75 Å². The molecule has 1 aromatic heterocycles. The molecule has 4 nitrogen and oxygen atoms in total. The third-order valence-electron chi connectivity index (χ3n) is 2.54. The fourth-order valence-corrected chi connectivity index (χ4v) is 2.50. The normalized spacial score (nSPS) is 10.7. The van der Waals surface area contributed by atoms with Crippen molar-refractivity contribution in [2.24, 2.45) is 0 Å². The molecule has 0 saturated carbocycles. The molecular weight excluding hydrogens is 284 g/mol. The predicted molar refractivity (Wildman–Crippen MR) is 77.3 cm³/mol. The number of aromatic hydroxyl groups is 1. The zero-order chi connectivity index (χ0) is 14.0. The Hall–Kier alpha value is -1.59. The number of aromatic nitrogens is 1. The highest BCUT2D eigenvalue weighted by Gasteiger charge is 2.14. The van der Waals surface area contributed by atoms with Crippen molar-refractivity contribution in [3.8, 4) is 5.75 Å². The predicted octanol–water partition coefficient (Wildman–Crippen LogP) is 3.88. The number of hydrogen-bond donors (Lipinski definition) is 2. The number of rotatable bonds is 3. The molecular formula is C13H13ClN2O2S. The van der Waals surface area contributed by atoms with E-state index in [1.165, 1.54) is 29.5 Å². The van der Waals surface area contributed by atoms with E-state index in [4.69, 9.17) is 11.6 Å². The molecule has 2 rings (SSSR count). The lowest BCUT2D eigenvalue weighted by Crippen LogP contribution is -2.12. The van der Waals surface area contributed by atoms with E-state index in [0.29, 0.717) is 16.1 Å². The number of nitrogens with one attached hydrogen (secondary N) is 1. The van der Waals surface area contributed by atoms with E-state index in [2.05, 4.69) is 10.3 Å². The number of amides is 1. The summed E-state index contributed by atoms with van der Waals surface area (Å²) >= 11 is 7.16. The molecule has 0 spiro atoms.